The van der Waals surface area contributed by atoms with E-state index < -0.39 is 0 Å². The number of amides is 1. The van der Waals surface area contributed by atoms with Crippen LogP contribution < -0.4 is 0 Å². The third-order valence-corrected chi connectivity index (χ3v) is 5.52. The number of nitrogens with zero attached hydrogens (tertiary/aromatic N) is 3. The van der Waals surface area contributed by atoms with Crippen molar-refractivity contribution < 1.29 is 14.1 Å². The van der Waals surface area contributed by atoms with Crippen molar-refractivity contribution in [2.45, 2.75) is 45.6 Å². The molecule has 2 aliphatic rings. The number of ether oxygens (including phenoxy) is 1. The molecular weight excluding hydrogens is 306 g/mol. The van der Waals surface area contributed by atoms with E-state index in [0.717, 1.165) is 57.9 Å². The van der Waals surface area contributed by atoms with Crippen LogP contribution in [0.25, 0.3) is 0 Å². The Bertz CT molecular complexity index is 549. The first kappa shape index (κ1) is 17.4. The van der Waals surface area contributed by atoms with Crippen molar-refractivity contribution in [1.82, 2.24) is 15.0 Å². The third kappa shape index (κ3) is 3.49. The van der Waals surface area contributed by atoms with Gasteiger partial charge in [-0.1, -0.05) is 25.9 Å². The average Bonchev–Trinajstić information content (AvgIpc) is 3.23. The summed E-state index contributed by atoms with van der Waals surface area (Å²) in [5.41, 5.74) is 0.903. The molecule has 1 amide bonds. The number of carbonyl (C=O) groups is 1. The molecule has 0 unspecified atom stereocenters. The molecule has 3 rings (SSSR count). The molecule has 1 aromatic rings. The summed E-state index contributed by atoms with van der Waals surface area (Å²) in [5.74, 6) is 1.19. The minimum Gasteiger partial charge on any atom is -0.379 e. The number of aromatic nitrogens is 1. The van der Waals surface area contributed by atoms with Crippen LogP contribution in [0.5, 0.6) is 0 Å². The molecule has 1 aromatic heterocycles. The summed E-state index contributed by atoms with van der Waals surface area (Å²) < 4.78 is 10.8. The van der Waals surface area contributed by atoms with Crippen LogP contribution in [0.2, 0.25) is 0 Å². The summed E-state index contributed by atoms with van der Waals surface area (Å²) >= 11 is 0. The molecule has 6 heteroatoms. The van der Waals surface area contributed by atoms with Crippen LogP contribution in [0.4, 0.5) is 0 Å². The first-order valence-electron chi connectivity index (χ1n) is 9.21. The highest BCUT2D eigenvalue weighted by atomic mass is 16.5. The number of rotatable bonds is 5. The molecule has 0 aromatic carbocycles. The Balaban J connectivity index is 1.65. The fourth-order valence-corrected chi connectivity index (χ4v) is 3.94. The van der Waals surface area contributed by atoms with Crippen LogP contribution in [0.3, 0.4) is 0 Å². The SMILES string of the molecule is CCC(CC)c1cc(C(=O)N2C[C@@H](C)[C@@H](N3CCOCC3)C2)on1. The Morgan fingerprint density at radius 3 is 2.67 bits per heavy atom. The van der Waals surface area contributed by atoms with Gasteiger partial charge in [0.1, 0.15) is 0 Å². The molecule has 0 radical (unpaired) electrons. The predicted octanol–water partition coefficient (Wildman–Crippen LogP) is 2.37. The van der Waals surface area contributed by atoms with Crippen molar-refractivity contribution in [3.63, 3.8) is 0 Å². The van der Waals surface area contributed by atoms with E-state index in [1.165, 1.54) is 0 Å². The van der Waals surface area contributed by atoms with Crippen molar-refractivity contribution in [3.05, 3.63) is 17.5 Å². The van der Waals surface area contributed by atoms with Crippen LogP contribution in [0.15, 0.2) is 10.6 Å². The molecule has 3 heterocycles. The Hall–Kier alpha value is -1.40. The lowest BCUT2D eigenvalue weighted by Crippen LogP contribution is -2.47. The van der Waals surface area contributed by atoms with Crippen LogP contribution in [0.1, 0.15) is 55.8 Å². The van der Waals surface area contributed by atoms with Gasteiger partial charge in [-0.25, -0.2) is 0 Å². The summed E-state index contributed by atoms with van der Waals surface area (Å²) in [6.07, 6.45) is 2.02. The smallest absolute Gasteiger partial charge is 0.292 e. The molecule has 6 nitrogen and oxygen atoms in total. The van der Waals surface area contributed by atoms with Gasteiger partial charge in [-0.15, -0.1) is 0 Å². The van der Waals surface area contributed by atoms with Gasteiger partial charge in [-0.05, 0) is 18.8 Å². The maximum Gasteiger partial charge on any atom is 0.292 e. The number of carbonyl (C=O) groups excluding carboxylic acids is 1. The van der Waals surface area contributed by atoms with Gasteiger partial charge < -0.3 is 14.2 Å². The summed E-state index contributed by atoms with van der Waals surface area (Å²) in [6.45, 7) is 11.5. The van der Waals surface area contributed by atoms with Crippen LogP contribution in [0, 0.1) is 5.92 Å². The van der Waals surface area contributed by atoms with Gasteiger partial charge in [-0.2, -0.15) is 0 Å². The van der Waals surface area contributed by atoms with E-state index in [2.05, 4.69) is 30.8 Å². The van der Waals surface area contributed by atoms with Crippen molar-refractivity contribution in [2.24, 2.45) is 5.92 Å². The normalized spacial score (nSPS) is 25.6. The van der Waals surface area contributed by atoms with E-state index in [0.29, 0.717) is 23.6 Å². The zero-order chi connectivity index (χ0) is 17.1. The Morgan fingerprint density at radius 2 is 2.00 bits per heavy atom. The topological polar surface area (TPSA) is 58.8 Å². The lowest BCUT2D eigenvalue weighted by Gasteiger charge is -2.33. The number of hydrogen-bond donors (Lipinski definition) is 0. The lowest BCUT2D eigenvalue weighted by molar-refractivity contribution is 0.0118. The van der Waals surface area contributed by atoms with E-state index in [-0.39, 0.29) is 5.91 Å². The maximum absolute atomic E-state index is 12.8. The highest BCUT2D eigenvalue weighted by Crippen LogP contribution is 2.26. The molecule has 0 aliphatic carbocycles. The molecular formula is C18H29N3O3. The van der Waals surface area contributed by atoms with Crippen molar-refractivity contribution >= 4 is 5.91 Å². The second-order valence-electron chi connectivity index (χ2n) is 7.03. The molecule has 0 bridgehead atoms. The molecule has 0 spiro atoms. The van der Waals surface area contributed by atoms with Crippen molar-refractivity contribution in [2.75, 3.05) is 39.4 Å². The van der Waals surface area contributed by atoms with E-state index in [9.17, 15) is 4.79 Å². The van der Waals surface area contributed by atoms with Gasteiger partial charge in [0.25, 0.3) is 5.91 Å². The average molecular weight is 335 g/mol. The molecule has 2 saturated heterocycles. The first-order chi connectivity index (χ1) is 11.6. The molecule has 134 valence electrons. The van der Waals surface area contributed by atoms with Gasteiger partial charge in [0.2, 0.25) is 5.76 Å². The number of likely N-dealkylation sites (tertiary alicyclic amines) is 1. The van der Waals surface area contributed by atoms with Gasteiger partial charge in [0, 0.05) is 44.2 Å². The minimum atomic E-state index is -0.0256. The molecule has 0 N–H and O–H groups in total. The zero-order valence-electron chi connectivity index (χ0n) is 15.0. The molecule has 0 saturated carbocycles. The number of morpholine rings is 1. The second-order valence-corrected chi connectivity index (χ2v) is 7.03. The fraction of sp³-hybridized carbons (Fsp3) is 0.778. The van der Waals surface area contributed by atoms with E-state index >= 15 is 0 Å². The Kier molecular flexibility index (Phi) is 5.56. The van der Waals surface area contributed by atoms with Gasteiger partial charge >= 0.3 is 0 Å². The summed E-state index contributed by atoms with van der Waals surface area (Å²) in [4.78, 5) is 17.2. The van der Waals surface area contributed by atoms with Crippen LogP contribution >= 0.6 is 0 Å². The maximum atomic E-state index is 12.8. The third-order valence-electron chi connectivity index (χ3n) is 5.52. The first-order valence-corrected chi connectivity index (χ1v) is 9.21. The fourth-order valence-electron chi connectivity index (χ4n) is 3.94. The Morgan fingerprint density at radius 1 is 1.29 bits per heavy atom. The largest absolute Gasteiger partial charge is 0.379 e. The summed E-state index contributed by atoms with van der Waals surface area (Å²) in [7, 11) is 0. The summed E-state index contributed by atoms with van der Waals surface area (Å²) in [6, 6.07) is 2.26. The quantitative estimate of drug-likeness (QED) is 0.827. The monoisotopic (exact) mass is 335 g/mol. The van der Waals surface area contributed by atoms with Gasteiger partial charge in [0.15, 0.2) is 0 Å². The molecule has 24 heavy (non-hydrogen) atoms. The van der Waals surface area contributed by atoms with E-state index in [1.807, 2.05) is 11.0 Å². The number of hydrogen-bond acceptors (Lipinski definition) is 5. The van der Waals surface area contributed by atoms with Crippen LogP contribution in [-0.4, -0.2) is 66.3 Å². The predicted molar refractivity (Wildman–Crippen MR) is 91.1 cm³/mol. The van der Waals surface area contributed by atoms with E-state index in [4.69, 9.17) is 9.26 Å². The second kappa shape index (κ2) is 7.66. The standard InChI is InChI=1S/C18H29N3O3/c1-4-14(5-2)15-10-17(24-19-15)18(22)21-11-13(3)16(12-21)20-6-8-23-9-7-20/h10,13-14,16H,4-9,11-12H2,1-3H3/t13-,16+/m1/s1. The lowest BCUT2D eigenvalue weighted by atomic mass is 9.99. The van der Waals surface area contributed by atoms with Crippen molar-refractivity contribution in [3.8, 4) is 0 Å². The Labute approximate surface area is 144 Å². The highest BCUT2D eigenvalue weighted by Gasteiger charge is 2.37. The molecule has 2 atom stereocenters. The van der Waals surface area contributed by atoms with Crippen molar-refractivity contribution in [1.29, 1.82) is 0 Å². The van der Waals surface area contributed by atoms with Gasteiger partial charge in [-0.3, -0.25) is 9.69 Å². The zero-order valence-corrected chi connectivity index (χ0v) is 15.0. The van der Waals surface area contributed by atoms with Crippen LogP contribution in [-0.2, 0) is 4.74 Å². The summed E-state index contributed by atoms with van der Waals surface area (Å²) in [5, 5.41) is 4.13. The minimum absolute atomic E-state index is 0.0256. The molecule has 2 fully saturated rings. The van der Waals surface area contributed by atoms with E-state index in [1.54, 1.807) is 0 Å². The molecule has 2 aliphatic heterocycles. The highest BCUT2D eigenvalue weighted by molar-refractivity contribution is 5.91. The van der Waals surface area contributed by atoms with Gasteiger partial charge in [0.05, 0.1) is 18.9 Å².